The lowest BCUT2D eigenvalue weighted by molar-refractivity contribution is -0.116. The Labute approximate surface area is 195 Å². The first-order chi connectivity index (χ1) is 16.1. The quantitative estimate of drug-likeness (QED) is 0.554. The molecular formula is C26H33N5O2. The van der Waals surface area contributed by atoms with Crippen LogP contribution in [0.1, 0.15) is 37.3 Å². The molecular weight excluding hydrogens is 414 g/mol. The normalized spacial score (nSPS) is 14.5. The number of hydrogen-bond acceptors (Lipinski definition) is 6. The van der Waals surface area contributed by atoms with Crippen molar-refractivity contribution < 1.29 is 9.32 Å². The van der Waals surface area contributed by atoms with Crippen molar-refractivity contribution in [1.29, 1.82) is 0 Å². The van der Waals surface area contributed by atoms with Crippen LogP contribution in [-0.2, 0) is 17.6 Å². The Morgan fingerprint density at radius 1 is 1.06 bits per heavy atom. The molecule has 0 unspecified atom stereocenters. The Kier molecular flexibility index (Phi) is 7.40. The van der Waals surface area contributed by atoms with Crippen LogP contribution in [0.15, 0.2) is 47.0 Å². The second kappa shape index (κ2) is 10.6. The van der Waals surface area contributed by atoms with Crippen molar-refractivity contribution in [3.8, 4) is 11.4 Å². The highest BCUT2D eigenvalue weighted by Gasteiger charge is 2.17. The monoisotopic (exact) mass is 447 g/mol. The second-order valence-corrected chi connectivity index (χ2v) is 8.53. The van der Waals surface area contributed by atoms with Gasteiger partial charge in [-0.25, -0.2) is 0 Å². The van der Waals surface area contributed by atoms with Gasteiger partial charge in [0.2, 0.25) is 17.6 Å². The van der Waals surface area contributed by atoms with E-state index in [1.54, 1.807) is 0 Å². The van der Waals surface area contributed by atoms with Crippen molar-refractivity contribution in [1.82, 2.24) is 15.0 Å². The minimum absolute atomic E-state index is 0.0607. The summed E-state index contributed by atoms with van der Waals surface area (Å²) >= 11 is 0. The van der Waals surface area contributed by atoms with E-state index < -0.39 is 0 Å². The molecule has 0 atom stereocenters. The molecule has 1 fully saturated rings. The largest absolute Gasteiger partial charge is 0.369 e. The summed E-state index contributed by atoms with van der Waals surface area (Å²) in [6, 6.07) is 14.4. The zero-order chi connectivity index (χ0) is 23.2. The van der Waals surface area contributed by atoms with Gasteiger partial charge in [0.15, 0.2) is 0 Å². The molecule has 2 aromatic carbocycles. The topological polar surface area (TPSA) is 74.5 Å². The van der Waals surface area contributed by atoms with Gasteiger partial charge in [0.05, 0.1) is 0 Å². The average Bonchev–Trinajstić information content (AvgIpc) is 3.33. The van der Waals surface area contributed by atoms with Gasteiger partial charge in [-0.1, -0.05) is 43.3 Å². The van der Waals surface area contributed by atoms with Crippen LogP contribution in [0.5, 0.6) is 0 Å². The highest BCUT2D eigenvalue weighted by Crippen LogP contribution is 2.24. The van der Waals surface area contributed by atoms with E-state index in [1.807, 2.05) is 25.1 Å². The van der Waals surface area contributed by atoms with Crippen LogP contribution in [0.2, 0.25) is 0 Å². The first kappa shape index (κ1) is 23.0. The smallest absolute Gasteiger partial charge is 0.227 e. The van der Waals surface area contributed by atoms with Gasteiger partial charge in [0, 0.05) is 56.0 Å². The van der Waals surface area contributed by atoms with E-state index in [2.05, 4.69) is 63.4 Å². The van der Waals surface area contributed by atoms with E-state index in [9.17, 15) is 4.79 Å². The summed E-state index contributed by atoms with van der Waals surface area (Å²) in [6.45, 7) is 11.7. The number of carbonyl (C=O) groups is 1. The summed E-state index contributed by atoms with van der Waals surface area (Å²) in [5, 5.41) is 7.08. The zero-order valence-corrected chi connectivity index (χ0v) is 19.8. The predicted octanol–water partition coefficient (Wildman–Crippen LogP) is 4.32. The van der Waals surface area contributed by atoms with Crippen LogP contribution in [0, 0.1) is 6.92 Å². The Hall–Kier alpha value is -3.19. The third-order valence-electron chi connectivity index (χ3n) is 6.32. The molecule has 33 heavy (non-hydrogen) atoms. The van der Waals surface area contributed by atoms with E-state index in [-0.39, 0.29) is 12.3 Å². The number of amides is 1. The molecule has 1 aliphatic heterocycles. The molecule has 0 aliphatic carbocycles. The minimum atomic E-state index is -0.0607. The van der Waals surface area contributed by atoms with Crippen molar-refractivity contribution in [2.75, 3.05) is 42.9 Å². The predicted molar refractivity (Wildman–Crippen MR) is 132 cm³/mol. The van der Waals surface area contributed by atoms with Crippen molar-refractivity contribution in [3.63, 3.8) is 0 Å². The van der Waals surface area contributed by atoms with E-state index >= 15 is 0 Å². The van der Waals surface area contributed by atoms with E-state index in [1.165, 1.54) is 11.3 Å². The molecule has 1 aliphatic rings. The Balaban J connectivity index is 1.29. The molecule has 0 spiro atoms. The molecule has 1 aromatic heterocycles. The van der Waals surface area contributed by atoms with Gasteiger partial charge in [0.25, 0.3) is 0 Å². The average molecular weight is 448 g/mol. The molecule has 1 N–H and O–H groups in total. The number of nitrogens with zero attached hydrogens (tertiary/aromatic N) is 4. The summed E-state index contributed by atoms with van der Waals surface area (Å²) in [5.41, 5.74) is 5.30. The lowest BCUT2D eigenvalue weighted by Gasteiger charge is -2.35. The maximum absolute atomic E-state index is 12.5. The number of aryl methyl sites for hydroxylation is 3. The lowest BCUT2D eigenvalue weighted by Crippen LogP contribution is -2.46. The van der Waals surface area contributed by atoms with Gasteiger partial charge in [-0.15, -0.1) is 0 Å². The van der Waals surface area contributed by atoms with Crippen LogP contribution >= 0.6 is 0 Å². The molecule has 1 saturated heterocycles. The van der Waals surface area contributed by atoms with Gasteiger partial charge >= 0.3 is 0 Å². The Bertz CT molecular complexity index is 1070. The number of likely N-dealkylation sites (N-methyl/N-ethyl adjacent to an activating group) is 1. The standard InChI is InChI=1S/C26H33N5O2/c1-4-20-6-8-21(9-7-20)26-28-25(33-29-26)13-12-24(32)27-23-11-10-22(18-19(23)3)31-16-14-30(5-2)15-17-31/h6-11,18H,4-5,12-17H2,1-3H3,(H,27,32). The van der Waals surface area contributed by atoms with Gasteiger partial charge in [-0.2, -0.15) is 4.98 Å². The fraction of sp³-hybridized carbons (Fsp3) is 0.423. The Morgan fingerprint density at radius 3 is 2.48 bits per heavy atom. The first-order valence-electron chi connectivity index (χ1n) is 11.9. The summed E-state index contributed by atoms with van der Waals surface area (Å²) in [5.74, 6) is 0.965. The number of rotatable bonds is 8. The van der Waals surface area contributed by atoms with Crippen molar-refractivity contribution in [2.45, 2.75) is 40.0 Å². The van der Waals surface area contributed by atoms with Gasteiger partial charge in [0.1, 0.15) is 0 Å². The minimum Gasteiger partial charge on any atom is -0.369 e. The number of carbonyl (C=O) groups excluding carboxylic acids is 1. The van der Waals surface area contributed by atoms with Crippen LogP contribution in [0.4, 0.5) is 11.4 Å². The van der Waals surface area contributed by atoms with E-state index in [0.29, 0.717) is 18.1 Å². The molecule has 2 heterocycles. The molecule has 0 radical (unpaired) electrons. The molecule has 7 heteroatoms. The highest BCUT2D eigenvalue weighted by molar-refractivity contribution is 5.91. The number of anilines is 2. The number of aromatic nitrogens is 2. The van der Waals surface area contributed by atoms with E-state index in [4.69, 9.17) is 4.52 Å². The maximum atomic E-state index is 12.5. The highest BCUT2D eigenvalue weighted by atomic mass is 16.5. The number of nitrogens with one attached hydrogen (secondary N) is 1. The molecule has 0 bridgehead atoms. The third kappa shape index (κ3) is 5.79. The van der Waals surface area contributed by atoms with Gasteiger partial charge in [-0.3, -0.25) is 4.79 Å². The molecule has 0 saturated carbocycles. The second-order valence-electron chi connectivity index (χ2n) is 8.53. The summed E-state index contributed by atoms with van der Waals surface area (Å²) in [7, 11) is 0. The van der Waals surface area contributed by atoms with Crippen LogP contribution in [-0.4, -0.2) is 53.7 Å². The number of hydrogen-bond donors (Lipinski definition) is 1. The SMILES string of the molecule is CCc1ccc(-c2noc(CCC(=O)Nc3ccc(N4CCN(CC)CC4)cc3C)n2)cc1. The first-order valence-corrected chi connectivity index (χ1v) is 11.9. The maximum Gasteiger partial charge on any atom is 0.227 e. The van der Waals surface area contributed by atoms with Crippen molar-refractivity contribution >= 4 is 17.3 Å². The molecule has 4 rings (SSSR count). The fourth-order valence-electron chi connectivity index (χ4n) is 4.10. The fourth-order valence-corrected chi connectivity index (χ4v) is 4.10. The summed E-state index contributed by atoms with van der Waals surface area (Å²) in [4.78, 5) is 21.8. The van der Waals surface area contributed by atoms with Gasteiger partial charge in [-0.05, 0) is 49.2 Å². The molecule has 7 nitrogen and oxygen atoms in total. The molecule has 174 valence electrons. The van der Waals surface area contributed by atoms with Crippen LogP contribution < -0.4 is 10.2 Å². The zero-order valence-electron chi connectivity index (χ0n) is 19.8. The van der Waals surface area contributed by atoms with Crippen molar-refractivity contribution in [3.05, 3.63) is 59.5 Å². The molecule has 3 aromatic rings. The van der Waals surface area contributed by atoms with Gasteiger partial charge < -0.3 is 19.6 Å². The lowest BCUT2D eigenvalue weighted by atomic mass is 10.1. The number of benzene rings is 2. The van der Waals surface area contributed by atoms with E-state index in [0.717, 1.165) is 56.0 Å². The Morgan fingerprint density at radius 2 is 1.82 bits per heavy atom. The molecule has 1 amide bonds. The number of piperazine rings is 1. The van der Waals surface area contributed by atoms with Crippen molar-refractivity contribution in [2.24, 2.45) is 0 Å². The third-order valence-corrected chi connectivity index (χ3v) is 6.32. The van der Waals surface area contributed by atoms with Crippen LogP contribution in [0.3, 0.4) is 0 Å². The summed E-state index contributed by atoms with van der Waals surface area (Å²) < 4.78 is 5.35. The summed E-state index contributed by atoms with van der Waals surface area (Å²) in [6.07, 6.45) is 1.69. The van der Waals surface area contributed by atoms with Crippen LogP contribution in [0.25, 0.3) is 11.4 Å².